The lowest BCUT2D eigenvalue weighted by molar-refractivity contribution is -0.147. The van der Waals surface area contributed by atoms with Crippen LogP contribution in [0.1, 0.15) is 58.9 Å². The summed E-state index contributed by atoms with van der Waals surface area (Å²) in [6.07, 6.45) is 1.90. The van der Waals surface area contributed by atoms with Crippen LogP contribution < -0.4 is 4.74 Å². The molecule has 4 nitrogen and oxygen atoms in total. The third kappa shape index (κ3) is 6.29. The number of rotatable bonds is 7. The van der Waals surface area contributed by atoms with Crippen molar-refractivity contribution in [2.75, 3.05) is 6.61 Å². The molecule has 122 valence electrons. The zero-order valence-electron chi connectivity index (χ0n) is 14.0. The highest BCUT2D eigenvalue weighted by Crippen LogP contribution is 2.31. The molecule has 0 bridgehead atoms. The first kappa shape index (κ1) is 18.2. The third-order valence-electron chi connectivity index (χ3n) is 3.21. The summed E-state index contributed by atoms with van der Waals surface area (Å²) in [5.74, 6) is -0.210. The number of hydrogen-bond donors (Lipinski definition) is 0. The molecule has 0 N–H and O–H groups in total. The predicted octanol–water partition coefficient (Wildman–Crippen LogP) is 4.01. The number of benzene rings is 1. The highest BCUT2D eigenvalue weighted by atomic mass is 16.5. The monoisotopic (exact) mass is 306 g/mol. The lowest BCUT2D eigenvalue weighted by Crippen LogP contribution is -2.17. The van der Waals surface area contributed by atoms with Gasteiger partial charge >= 0.3 is 11.9 Å². The minimum absolute atomic E-state index is 0.0312. The lowest BCUT2D eigenvalue weighted by atomic mass is 9.86. The van der Waals surface area contributed by atoms with Gasteiger partial charge in [-0.05, 0) is 17.9 Å². The topological polar surface area (TPSA) is 52.6 Å². The molecule has 0 fully saturated rings. The SMILES string of the molecule is CCCCOC(=O)CCC(=O)Oc1ccccc1C(C)(C)C. The van der Waals surface area contributed by atoms with Gasteiger partial charge in [0.15, 0.2) is 0 Å². The zero-order chi connectivity index (χ0) is 16.6. The number of unbranched alkanes of at least 4 members (excludes halogenated alkanes) is 1. The molecule has 4 heteroatoms. The fourth-order valence-corrected chi connectivity index (χ4v) is 1.96. The first-order valence-electron chi connectivity index (χ1n) is 7.80. The standard InChI is InChI=1S/C18H26O4/c1-5-6-13-21-16(19)11-12-17(20)22-15-10-8-7-9-14(15)18(2,3)4/h7-10H,5-6,11-13H2,1-4H3. The minimum atomic E-state index is -0.413. The molecule has 0 aliphatic carbocycles. The maximum atomic E-state index is 11.9. The van der Waals surface area contributed by atoms with E-state index in [2.05, 4.69) is 20.8 Å². The van der Waals surface area contributed by atoms with E-state index in [1.807, 2.05) is 25.1 Å². The quantitative estimate of drug-likeness (QED) is 0.434. The summed E-state index contributed by atoms with van der Waals surface area (Å²) in [7, 11) is 0. The molecule has 1 aromatic carbocycles. The van der Waals surface area contributed by atoms with Gasteiger partial charge in [-0.2, -0.15) is 0 Å². The number of hydrogen-bond acceptors (Lipinski definition) is 4. The van der Waals surface area contributed by atoms with Crippen molar-refractivity contribution < 1.29 is 19.1 Å². The smallest absolute Gasteiger partial charge is 0.311 e. The second-order valence-electron chi connectivity index (χ2n) is 6.29. The Bertz CT molecular complexity index is 500. The summed E-state index contributed by atoms with van der Waals surface area (Å²) in [6.45, 7) is 8.62. The first-order chi connectivity index (χ1) is 10.3. The molecule has 0 atom stereocenters. The minimum Gasteiger partial charge on any atom is -0.466 e. The molecule has 0 saturated carbocycles. The van der Waals surface area contributed by atoms with E-state index in [-0.39, 0.29) is 24.2 Å². The van der Waals surface area contributed by atoms with E-state index in [0.29, 0.717) is 12.4 Å². The van der Waals surface area contributed by atoms with E-state index in [4.69, 9.17) is 9.47 Å². The Balaban J connectivity index is 2.51. The van der Waals surface area contributed by atoms with Crippen molar-refractivity contribution in [2.24, 2.45) is 0 Å². The van der Waals surface area contributed by atoms with E-state index in [9.17, 15) is 9.59 Å². The molecule has 0 aliphatic heterocycles. The van der Waals surface area contributed by atoms with Gasteiger partial charge in [-0.3, -0.25) is 9.59 Å². The Morgan fingerprint density at radius 1 is 1.05 bits per heavy atom. The molecule has 1 rings (SSSR count). The second kappa shape index (κ2) is 8.57. The van der Waals surface area contributed by atoms with Crippen molar-refractivity contribution in [3.8, 4) is 5.75 Å². The Hall–Kier alpha value is -1.84. The van der Waals surface area contributed by atoms with Gasteiger partial charge in [0.25, 0.3) is 0 Å². The summed E-state index contributed by atoms with van der Waals surface area (Å²) in [5.41, 5.74) is 0.851. The third-order valence-corrected chi connectivity index (χ3v) is 3.21. The van der Waals surface area contributed by atoms with E-state index < -0.39 is 5.97 Å². The molecular weight excluding hydrogens is 280 g/mol. The van der Waals surface area contributed by atoms with Crippen molar-refractivity contribution in [3.05, 3.63) is 29.8 Å². The fourth-order valence-electron chi connectivity index (χ4n) is 1.96. The number of ether oxygens (including phenoxy) is 2. The van der Waals surface area contributed by atoms with Crippen LogP contribution in [0, 0.1) is 0 Å². The van der Waals surface area contributed by atoms with Crippen LogP contribution in [-0.2, 0) is 19.7 Å². The Kier molecular flexibility index (Phi) is 7.09. The zero-order valence-corrected chi connectivity index (χ0v) is 14.0. The number of para-hydroxylation sites is 1. The van der Waals surface area contributed by atoms with Crippen LogP contribution >= 0.6 is 0 Å². The van der Waals surface area contributed by atoms with Gasteiger partial charge in [0, 0.05) is 5.56 Å². The Morgan fingerprint density at radius 2 is 1.68 bits per heavy atom. The van der Waals surface area contributed by atoms with Crippen molar-refractivity contribution >= 4 is 11.9 Å². The van der Waals surface area contributed by atoms with E-state index in [1.54, 1.807) is 6.07 Å². The van der Waals surface area contributed by atoms with Gasteiger partial charge in [0.05, 0.1) is 19.4 Å². The maximum Gasteiger partial charge on any atom is 0.311 e. The highest BCUT2D eigenvalue weighted by Gasteiger charge is 2.20. The molecule has 0 aliphatic rings. The average molecular weight is 306 g/mol. The van der Waals surface area contributed by atoms with Gasteiger partial charge in [0.1, 0.15) is 5.75 Å². The van der Waals surface area contributed by atoms with Crippen molar-refractivity contribution in [1.82, 2.24) is 0 Å². The summed E-state index contributed by atoms with van der Waals surface area (Å²) in [5, 5.41) is 0. The normalized spacial score (nSPS) is 11.1. The van der Waals surface area contributed by atoms with Crippen molar-refractivity contribution in [1.29, 1.82) is 0 Å². The van der Waals surface area contributed by atoms with Crippen molar-refractivity contribution in [3.63, 3.8) is 0 Å². The fraction of sp³-hybridized carbons (Fsp3) is 0.556. The maximum absolute atomic E-state index is 11.9. The Labute approximate surface area is 132 Å². The molecule has 22 heavy (non-hydrogen) atoms. The van der Waals surface area contributed by atoms with Gasteiger partial charge in [-0.25, -0.2) is 0 Å². The van der Waals surface area contributed by atoms with E-state index in [1.165, 1.54) is 0 Å². The molecular formula is C18H26O4. The molecule has 0 amide bonds. The van der Waals surface area contributed by atoms with Gasteiger partial charge in [-0.1, -0.05) is 52.3 Å². The summed E-state index contributed by atoms with van der Waals surface area (Å²) < 4.78 is 10.4. The van der Waals surface area contributed by atoms with Crippen LogP contribution in [0.2, 0.25) is 0 Å². The largest absolute Gasteiger partial charge is 0.466 e. The molecule has 0 unspecified atom stereocenters. The summed E-state index contributed by atoms with van der Waals surface area (Å²) >= 11 is 0. The number of carbonyl (C=O) groups excluding carboxylic acids is 2. The van der Waals surface area contributed by atoms with Crippen LogP contribution in [0.5, 0.6) is 5.75 Å². The average Bonchev–Trinajstić information content (AvgIpc) is 2.45. The second-order valence-corrected chi connectivity index (χ2v) is 6.29. The molecule has 0 radical (unpaired) electrons. The van der Waals surface area contributed by atoms with Gasteiger partial charge in [-0.15, -0.1) is 0 Å². The lowest BCUT2D eigenvalue weighted by Gasteiger charge is -2.22. The van der Waals surface area contributed by atoms with E-state index >= 15 is 0 Å². The summed E-state index contributed by atoms with van der Waals surface area (Å²) in [6, 6.07) is 7.47. The van der Waals surface area contributed by atoms with E-state index in [0.717, 1.165) is 18.4 Å². The highest BCUT2D eigenvalue weighted by molar-refractivity contribution is 5.79. The predicted molar refractivity (Wildman–Crippen MR) is 85.9 cm³/mol. The van der Waals surface area contributed by atoms with Crippen LogP contribution in [0.4, 0.5) is 0 Å². The van der Waals surface area contributed by atoms with Crippen LogP contribution in [0.25, 0.3) is 0 Å². The number of carbonyl (C=O) groups is 2. The Morgan fingerprint density at radius 3 is 2.32 bits per heavy atom. The molecule has 0 spiro atoms. The molecule has 0 heterocycles. The molecule has 0 saturated heterocycles. The summed E-state index contributed by atoms with van der Waals surface area (Å²) in [4.78, 5) is 23.4. The van der Waals surface area contributed by atoms with Crippen molar-refractivity contribution in [2.45, 2.75) is 58.8 Å². The number of esters is 2. The van der Waals surface area contributed by atoms with Crippen LogP contribution in [0.15, 0.2) is 24.3 Å². The van der Waals surface area contributed by atoms with Gasteiger partial charge < -0.3 is 9.47 Å². The van der Waals surface area contributed by atoms with Crippen LogP contribution in [0.3, 0.4) is 0 Å². The van der Waals surface area contributed by atoms with Crippen LogP contribution in [-0.4, -0.2) is 18.5 Å². The van der Waals surface area contributed by atoms with Gasteiger partial charge in [0.2, 0.25) is 0 Å². The first-order valence-corrected chi connectivity index (χ1v) is 7.80. The molecule has 0 aromatic heterocycles. The molecule has 1 aromatic rings.